The average molecular weight is 346 g/mol. The van der Waals surface area contributed by atoms with Gasteiger partial charge in [0.15, 0.2) is 0 Å². The second-order valence-electron chi connectivity index (χ2n) is 6.08. The minimum Gasteiger partial charge on any atom is -0.370 e. The van der Waals surface area contributed by atoms with E-state index in [0.29, 0.717) is 0 Å². The Labute approximate surface area is 148 Å². The van der Waals surface area contributed by atoms with Gasteiger partial charge in [-0.2, -0.15) is 4.98 Å². The number of rotatable bonds is 5. The van der Waals surface area contributed by atoms with Crippen molar-refractivity contribution in [3.8, 4) is 0 Å². The van der Waals surface area contributed by atoms with Crippen molar-refractivity contribution in [2.24, 2.45) is 0 Å². The Balaban J connectivity index is 1.67. The van der Waals surface area contributed by atoms with Gasteiger partial charge in [0.05, 0.1) is 0 Å². The molecule has 1 N–H and O–H groups in total. The van der Waals surface area contributed by atoms with E-state index in [0.717, 1.165) is 61.6 Å². The summed E-state index contributed by atoms with van der Waals surface area (Å²) in [4.78, 5) is 13.9. The third-order valence-electron chi connectivity index (χ3n) is 4.13. The number of anilines is 3. The molecule has 0 spiro atoms. The highest BCUT2D eigenvalue weighted by Crippen LogP contribution is 2.22. The van der Waals surface area contributed by atoms with Crippen LogP contribution in [0.15, 0.2) is 30.3 Å². The van der Waals surface area contributed by atoms with E-state index >= 15 is 0 Å². The van der Waals surface area contributed by atoms with E-state index in [2.05, 4.69) is 38.1 Å². The summed E-state index contributed by atoms with van der Waals surface area (Å²) in [6, 6.07) is 10.0. The zero-order valence-electron chi connectivity index (χ0n) is 14.3. The van der Waals surface area contributed by atoms with Crippen LogP contribution in [-0.2, 0) is 0 Å². The van der Waals surface area contributed by atoms with Gasteiger partial charge in [-0.1, -0.05) is 24.6 Å². The third-order valence-corrected chi connectivity index (χ3v) is 4.37. The molecule has 6 heteroatoms. The van der Waals surface area contributed by atoms with E-state index in [1.807, 2.05) is 31.2 Å². The van der Waals surface area contributed by atoms with Crippen molar-refractivity contribution in [3.63, 3.8) is 0 Å². The van der Waals surface area contributed by atoms with E-state index < -0.39 is 0 Å². The Kier molecular flexibility index (Phi) is 5.41. The molecule has 128 valence electrons. The Morgan fingerprint density at radius 3 is 2.54 bits per heavy atom. The van der Waals surface area contributed by atoms with Crippen molar-refractivity contribution in [1.29, 1.82) is 0 Å². The zero-order valence-corrected chi connectivity index (χ0v) is 15.1. The van der Waals surface area contributed by atoms with Crippen LogP contribution in [0, 0.1) is 6.92 Å². The normalized spacial score (nSPS) is 14.8. The number of hydrogen-bond acceptors (Lipinski definition) is 5. The maximum atomic E-state index is 6.10. The highest BCUT2D eigenvalue weighted by atomic mass is 35.5. The summed E-state index contributed by atoms with van der Waals surface area (Å²) in [5, 5.41) is 4.13. The summed E-state index contributed by atoms with van der Waals surface area (Å²) in [7, 11) is 0. The van der Waals surface area contributed by atoms with Crippen LogP contribution in [0.4, 0.5) is 17.5 Å². The molecule has 0 atom stereocenters. The summed E-state index contributed by atoms with van der Waals surface area (Å²) >= 11 is 6.10. The molecule has 0 unspecified atom stereocenters. The van der Waals surface area contributed by atoms with E-state index in [9.17, 15) is 0 Å². The van der Waals surface area contributed by atoms with Crippen molar-refractivity contribution in [1.82, 2.24) is 9.97 Å². The molecular weight excluding hydrogens is 322 g/mol. The maximum absolute atomic E-state index is 6.10. The van der Waals surface area contributed by atoms with E-state index in [1.165, 1.54) is 5.69 Å². The number of piperazine rings is 1. The maximum Gasteiger partial charge on any atom is 0.227 e. The fourth-order valence-electron chi connectivity index (χ4n) is 2.88. The summed E-state index contributed by atoms with van der Waals surface area (Å²) in [6.45, 7) is 8.79. The molecule has 5 nitrogen and oxygen atoms in total. The number of nitrogens with zero attached hydrogens (tertiary/aromatic N) is 4. The van der Waals surface area contributed by atoms with Crippen LogP contribution in [0.1, 0.15) is 19.0 Å². The highest BCUT2D eigenvalue weighted by molar-refractivity contribution is 6.30. The SMILES string of the molecule is CCCNc1cc(C)nc(N2CCN(c3cccc(Cl)c3)CC2)n1. The lowest BCUT2D eigenvalue weighted by Gasteiger charge is -2.36. The number of aromatic nitrogens is 2. The Morgan fingerprint density at radius 2 is 1.83 bits per heavy atom. The number of halogens is 1. The molecule has 1 fully saturated rings. The van der Waals surface area contributed by atoms with Crippen LogP contribution in [0.2, 0.25) is 5.02 Å². The lowest BCUT2D eigenvalue weighted by molar-refractivity contribution is 0.639. The lowest BCUT2D eigenvalue weighted by atomic mass is 10.2. The van der Waals surface area contributed by atoms with Gasteiger partial charge in [0.1, 0.15) is 5.82 Å². The molecule has 0 bridgehead atoms. The average Bonchev–Trinajstić information content (AvgIpc) is 2.60. The van der Waals surface area contributed by atoms with Crippen molar-refractivity contribution in [3.05, 3.63) is 41.0 Å². The van der Waals surface area contributed by atoms with Gasteiger partial charge in [-0.3, -0.25) is 0 Å². The third kappa shape index (κ3) is 4.09. The molecule has 2 heterocycles. The van der Waals surface area contributed by atoms with E-state index in [1.54, 1.807) is 0 Å². The number of nitrogens with one attached hydrogen (secondary N) is 1. The van der Waals surface area contributed by atoms with Crippen LogP contribution in [0.25, 0.3) is 0 Å². The van der Waals surface area contributed by atoms with Gasteiger partial charge in [-0.25, -0.2) is 4.98 Å². The van der Waals surface area contributed by atoms with Gasteiger partial charge in [-0.15, -0.1) is 0 Å². The molecular formula is C18H24ClN5. The first-order valence-electron chi connectivity index (χ1n) is 8.50. The number of hydrogen-bond donors (Lipinski definition) is 1. The first-order valence-corrected chi connectivity index (χ1v) is 8.88. The smallest absolute Gasteiger partial charge is 0.227 e. The number of benzene rings is 1. The van der Waals surface area contributed by atoms with Gasteiger partial charge < -0.3 is 15.1 Å². The second-order valence-corrected chi connectivity index (χ2v) is 6.51. The predicted molar refractivity (Wildman–Crippen MR) is 101 cm³/mol. The van der Waals surface area contributed by atoms with Crippen LogP contribution in [0.5, 0.6) is 0 Å². The summed E-state index contributed by atoms with van der Waals surface area (Å²) in [5.41, 5.74) is 2.17. The molecule has 0 saturated carbocycles. The molecule has 2 aromatic rings. The Morgan fingerprint density at radius 1 is 1.08 bits per heavy atom. The molecule has 1 saturated heterocycles. The lowest BCUT2D eigenvalue weighted by Crippen LogP contribution is -2.47. The van der Waals surface area contributed by atoms with Crippen molar-refractivity contribution < 1.29 is 0 Å². The van der Waals surface area contributed by atoms with Gasteiger partial charge in [0, 0.05) is 55.2 Å². The summed E-state index contributed by atoms with van der Waals surface area (Å²) in [5.74, 6) is 1.73. The number of aryl methyl sites for hydroxylation is 1. The molecule has 1 aliphatic heterocycles. The predicted octanol–water partition coefficient (Wildman–Crippen LogP) is 3.59. The van der Waals surface area contributed by atoms with Gasteiger partial charge in [-0.05, 0) is 31.5 Å². The van der Waals surface area contributed by atoms with Crippen molar-refractivity contribution in [2.45, 2.75) is 20.3 Å². The Bertz CT molecular complexity index is 683. The van der Waals surface area contributed by atoms with Gasteiger partial charge in [0.25, 0.3) is 0 Å². The largest absolute Gasteiger partial charge is 0.370 e. The first kappa shape index (κ1) is 16.8. The molecule has 1 aromatic heterocycles. The van der Waals surface area contributed by atoms with Crippen LogP contribution >= 0.6 is 11.6 Å². The second kappa shape index (κ2) is 7.71. The van der Waals surface area contributed by atoms with E-state index in [4.69, 9.17) is 11.6 Å². The minimum atomic E-state index is 0.781. The van der Waals surface area contributed by atoms with Crippen LogP contribution < -0.4 is 15.1 Å². The summed E-state index contributed by atoms with van der Waals surface area (Å²) < 4.78 is 0. The first-order chi connectivity index (χ1) is 11.7. The van der Waals surface area contributed by atoms with Crippen molar-refractivity contribution >= 4 is 29.1 Å². The zero-order chi connectivity index (χ0) is 16.9. The van der Waals surface area contributed by atoms with Gasteiger partial charge in [0.2, 0.25) is 5.95 Å². The molecule has 1 aromatic carbocycles. The Hall–Kier alpha value is -2.01. The fourth-order valence-corrected chi connectivity index (χ4v) is 3.06. The highest BCUT2D eigenvalue weighted by Gasteiger charge is 2.20. The molecule has 1 aliphatic rings. The molecule has 3 rings (SSSR count). The van der Waals surface area contributed by atoms with Crippen LogP contribution in [0.3, 0.4) is 0 Å². The summed E-state index contributed by atoms with van der Waals surface area (Å²) in [6.07, 6.45) is 1.08. The van der Waals surface area contributed by atoms with Crippen LogP contribution in [-0.4, -0.2) is 42.7 Å². The minimum absolute atomic E-state index is 0.781. The molecule has 0 aliphatic carbocycles. The quantitative estimate of drug-likeness (QED) is 0.897. The topological polar surface area (TPSA) is 44.3 Å². The molecule has 0 amide bonds. The van der Waals surface area contributed by atoms with Crippen molar-refractivity contribution in [2.75, 3.05) is 47.8 Å². The molecule has 0 radical (unpaired) electrons. The van der Waals surface area contributed by atoms with E-state index in [-0.39, 0.29) is 0 Å². The monoisotopic (exact) mass is 345 g/mol. The standard InChI is InChI=1S/C18H24ClN5/c1-3-7-20-17-12-14(2)21-18(22-17)24-10-8-23(9-11-24)16-6-4-5-15(19)13-16/h4-6,12-13H,3,7-11H2,1-2H3,(H,20,21,22). The van der Waals surface area contributed by atoms with Gasteiger partial charge >= 0.3 is 0 Å². The fraction of sp³-hybridized carbons (Fsp3) is 0.444. The molecule has 24 heavy (non-hydrogen) atoms.